The highest BCUT2D eigenvalue weighted by Gasteiger charge is 1.81. The molecule has 0 radical (unpaired) electrons. The number of hydrogen-bond acceptors (Lipinski definition) is 1. The van der Waals surface area contributed by atoms with Gasteiger partial charge in [0.05, 0.1) is 6.10 Å². The van der Waals surface area contributed by atoms with Crippen molar-refractivity contribution < 1.29 is 5.11 Å². The van der Waals surface area contributed by atoms with Crippen molar-refractivity contribution in [3.05, 3.63) is 0 Å². The van der Waals surface area contributed by atoms with Crippen molar-refractivity contribution >= 4 is 0 Å². The summed E-state index contributed by atoms with van der Waals surface area (Å²) < 4.78 is 0. The van der Waals surface area contributed by atoms with Crippen LogP contribution in [0.25, 0.3) is 0 Å². The minimum Gasteiger partial charge on any atom is -0.393 e. The molecule has 1 N–H and O–H groups in total. The second-order valence-electron chi connectivity index (χ2n) is 2.26. The smallest absolute Gasteiger partial charge is 0.0509 e. The van der Waals surface area contributed by atoms with Gasteiger partial charge in [0, 0.05) is 0 Å². The molecule has 1 unspecified atom stereocenters. The van der Waals surface area contributed by atoms with Crippen LogP contribution in [0.5, 0.6) is 0 Å². The van der Waals surface area contributed by atoms with Gasteiger partial charge in [0.15, 0.2) is 0 Å². The molecule has 1 nitrogen and oxygen atoms in total. The standard InChI is InChI=1S/C4H10O.C4H10.2CH4/c1-3-4(2)5;1-3-4-2;;/h4-5H,3H2,1-2H3;3-4H2,1-2H3;2*1H4. The van der Waals surface area contributed by atoms with Gasteiger partial charge in [0.25, 0.3) is 0 Å². The molecule has 0 aliphatic carbocycles. The van der Waals surface area contributed by atoms with Gasteiger partial charge in [-0.2, -0.15) is 0 Å². The van der Waals surface area contributed by atoms with Crippen molar-refractivity contribution in [3.63, 3.8) is 0 Å². The van der Waals surface area contributed by atoms with E-state index in [1.54, 1.807) is 6.92 Å². The first-order valence-electron chi connectivity index (χ1n) is 3.87. The Kier molecular flexibility index (Phi) is 45.9. The summed E-state index contributed by atoms with van der Waals surface area (Å²) >= 11 is 0. The SMILES string of the molecule is C.C.CCC(C)O.CCCC. The topological polar surface area (TPSA) is 20.2 Å². The van der Waals surface area contributed by atoms with Crippen LogP contribution >= 0.6 is 0 Å². The van der Waals surface area contributed by atoms with Crippen LogP contribution < -0.4 is 0 Å². The van der Waals surface area contributed by atoms with Gasteiger partial charge in [0.1, 0.15) is 0 Å². The van der Waals surface area contributed by atoms with Crippen LogP contribution in [0.1, 0.15) is 61.8 Å². The summed E-state index contributed by atoms with van der Waals surface area (Å²) in [4.78, 5) is 0. The average Bonchev–Trinajstić information content (AvgIpc) is 1.89. The summed E-state index contributed by atoms with van der Waals surface area (Å²) in [5.41, 5.74) is 0. The molecule has 0 heterocycles. The third-order valence-electron chi connectivity index (χ3n) is 1.09. The predicted molar refractivity (Wildman–Crippen MR) is 56.0 cm³/mol. The number of aliphatic hydroxyl groups excluding tert-OH is 1. The van der Waals surface area contributed by atoms with Crippen LogP contribution in [-0.4, -0.2) is 11.2 Å². The van der Waals surface area contributed by atoms with Crippen molar-refractivity contribution in [2.45, 2.75) is 67.9 Å². The van der Waals surface area contributed by atoms with E-state index in [0.29, 0.717) is 0 Å². The van der Waals surface area contributed by atoms with Gasteiger partial charge in [0.2, 0.25) is 0 Å². The summed E-state index contributed by atoms with van der Waals surface area (Å²) in [6.07, 6.45) is 3.38. The molecular formula is C10H28O. The van der Waals surface area contributed by atoms with Gasteiger partial charge in [-0.15, -0.1) is 0 Å². The van der Waals surface area contributed by atoms with Crippen LogP contribution in [-0.2, 0) is 0 Å². The zero-order valence-corrected chi connectivity index (χ0v) is 7.15. The van der Waals surface area contributed by atoms with Crippen molar-refractivity contribution in [1.29, 1.82) is 0 Å². The Morgan fingerprint density at radius 1 is 1.00 bits per heavy atom. The van der Waals surface area contributed by atoms with Crippen molar-refractivity contribution in [2.75, 3.05) is 0 Å². The molecule has 0 bridgehead atoms. The maximum Gasteiger partial charge on any atom is 0.0509 e. The molecule has 0 amide bonds. The summed E-state index contributed by atoms with van der Waals surface area (Å²) in [5, 5.41) is 8.36. The van der Waals surface area contributed by atoms with Crippen LogP contribution in [0, 0.1) is 0 Å². The Morgan fingerprint density at radius 2 is 1.18 bits per heavy atom. The molecule has 0 saturated carbocycles. The molecule has 0 aromatic rings. The predicted octanol–water partition coefficient (Wildman–Crippen LogP) is 3.86. The lowest BCUT2D eigenvalue weighted by atomic mass is 10.3. The molecule has 0 rings (SSSR count). The van der Waals surface area contributed by atoms with Crippen molar-refractivity contribution in [3.8, 4) is 0 Å². The molecule has 0 saturated heterocycles. The first-order valence-corrected chi connectivity index (χ1v) is 3.87. The van der Waals surface area contributed by atoms with E-state index in [0.717, 1.165) is 6.42 Å². The average molecular weight is 164 g/mol. The van der Waals surface area contributed by atoms with Gasteiger partial charge >= 0.3 is 0 Å². The monoisotopic (exact) mass is 164 g/mol. The second kappa shape index (κ2) is 22.5. The van der Waals surface area contributed by atoms with Gasteiger partial charge in [-0.3, -0.25) is 0 Å². The largest absolute Gasteiger partial charge is 0.393 e. The number of aliphatic hydroxyl groups is 1. The van der Waals surface area contributed by atoms with Crippen LogP contribution in [0.15, 0.2) is 0 Å². The fourth-order valence-corrected chi connectivity index (χ4v) is 0. The zero-order chi connectivity index (χ0) is 7.70. The normalized spacial score (nSPS) is 9.55. The van der Waals surface area contributed by atoms with Gasteiger partial charge in [-0.05, 0) is 13.3 Å². The maximum atomic E-state index is 8.36. The molecular weight excluding hydrogens is 136 g/mol. The molecule has 0 aromatic carbocycles. The third kappa shape index (κ3) is 72.0. The van der Waals surface area contributed by atoms with E-state index in [-0.39, 0.29) is 21.0 Å². The number of rotatable bonds is 2. The van der Waals surface area contributed by atoms with Crippen molar-refractivity contribution in [1.82, 2.24) is 0 Å². The fourth-order valence-electron chi connectivity index (χ4n) is 0. The van der Waals surface area contributed by atoms with Crippen LogP contribution in [0.4, 0.5) is 0 Å². The molecule has 11 heavy (non-hydrogen) atoms. The van der Waals surface area contributed by atoms with E-state index in [2.05, 4.69) is 13.8 Å². The van der Waals surface area contributed by atoms with Crippen LogP contribution in [0.2, 0.25) is 0 Å². The van der Waals surface area contributed by atoms with Crippen LogP contribution in [0.3, 0.4) is 0 Å². The highest BCUT2D eigenvalue weighted by atomic mass is 16.3. The number of unbranched alkanes of at least 4 members (excludes halogenated alkanes) is 1. The first kappa shape index (κ1) is 22.4. The molecule has 0 aromatic heterocycles. The second-order valence-corrected chi connectivity index (χ2v) is 2.26. The summed E-state index contributed by atoms with van der Waals surface area (Å²) in [5.74, 6) is 0. The fraction of sp³-hybridized carbons (Fsp3) is 1.00. The quantitative estimate of drug-likeness (QED) is 0.657. The first-order chi connectivity index (χ1) is 4.18. The lowest BCUT2D eigenvalue weighted by molar-refractivity contribution is 0.191. The highest BCUT2D eigenvalue weighted by molar-refractivity contribution is 4.34. The molecule has 1 heteroatoms. The minimum absolute atomic E-state index is 0. The van der Waals surface area contributed by atoms with E-state index in [4.69, 9.17) is 5.11 Å². The van der Waals surface area contributed by atoms with E-state index in [1.807, 2.05) is 6.92 Å². The Balaban J connectivity index is -0.0000000383. The lowest BCUT2D eigenvalue weighted by Gasteiger charge is -1.90. The zero-order valence-electron chi connectivity index (χ0n) is 7.15. The summed E-state index contributed by atoms with van der Waals surface area (Å²) in [7, 11) is 0. The van der Waals surface area contributed by atoms with Crippen molar-refractivity contribution in [2.24, 2.45) is 0 Å². The van der Waals surface area contributed by atoms with E-state index in [9.17, 15) is 0 Å². The Hall–Kier alpha value is -0.0400. The van der Waals surface area contributed by atoms with E-state index >= 15 is 0 Å². The van der Waals surface area contributed by atoms with Gasteiger partial charge in [-0.1, -0.05) is 48.5 Å². The van der Waals surface area contributed by atoms with E-state index in [1.165, 1.54) is 12.8 Å². The highest BCUT2D eigenvalue weighted by Crippen LogP contribution is 1.81. The molecule has 1 atom stereocenters. The third-order valence-corrected chi connectivity index (χ3v) is 1.09. The Morgan fingerprint density at radius 3 is 1.18 bits per heavy atom. The molecule has 0 aliphatic rings. The van der Waals surface area contributed by atoms with Gasteiger partial charge in [-0.25, -0.2) is 0 Å². The Labute approximate surface area is 73.8 Å². The lowest BCUT2D eigenvalue weighted by Crippen LogP contribution is -1.93. The molecule has 0 fully saturated rings. The number of hydrogen-bond donors (Lipinski definition) is 1. The van der Waals surface area contributed by atoms with E-state index < -0.39 is 0 Å². The Bertz CT molecular complexity index is 31.9. The maximum absolute atomic E-state index is 8.36. The summed E-state index contributed by atoms with van der Waals surface area (Å²) in [6.45, 7) is 8.09. The summed E-state index contributed by atoms with van der Waals surface area (Å²) in [6, 6.07) is 0. The molecule has 0 spiro atoms. The van der Waals surface area contributed by atoms with Gasteiger partial charge < -0.3 is 5.11 Å². The minimum atomic E-state index is -0.116. The molecule has 0 aliphatic heterocycles. The molecule has 74 valence electrons.